The zero-order valence-corrected chi connectivity index (χ0v) is 9.12. The average Bonchev–Trinajstić information content (AvgIpc) is 2.20. The molecule has 0 amide bonds. The number of ether oxygens (including phenoxy) is 2. The lowest BCUT2D eigenvalue weighted by molar-refractivity contribution is -0.175. The summed E-state index contributed by atoms with van der Waals surface area (Å²) >= 11 is 0. The molecule has 0 saturated carbocycles. The summed E-state index contributed by atoms with van der Waals surface area (Å²) in [7, 11) is 1.10. The molecule has 0 aromatic carbocycles. The smallest absolute Gasteiger partial charge is 0.411 e. The largest absolute Gasteiger partial charge is 0.481 e. The highest BCUT2D eigenvalue weighted by Crippen LogP contribution is 2.16. The van der Waals surface area contributed by atoms with Crippen LogP contribution < -0.4 is 0 Å². The van der Waals surface area contributed by atoms with Crippen molar-refractivity contribution < 1.29 is 37.3 Å². The summed E-state index contributed by atoms with van der Waals surface area (Å²) in [5.41, 5.74) is 0. The van der Waals surface area contributed by atoms with Crippen molar-refractivity contribution in [2.75, 3.05) is 20.3 Å². The molecule has 8 heteroatoms. The van der Waals surface area contributed by atoms with Gasteiger partial charge in [-0.2, -0.15) is 13.2 Å². The molecule has 0 aliphatic rings. The number of methoxy groups -OCH3 is 1. The van der Waals surface area contributed by atoms with E-state index in [1.807, 2.05) is 0 Å². The molecule has 0 unspecified atom stereocenters. The fraction of sp³-hybridized carbons (Fsp3) is 0.778. The highest BCUT2D eigenvalue weighted by molar-refractivity contribution is 5.78. The molecule has 1 N–H and O–H groups in total. The minimum absolute atomic E-state index is 0.180. The van der Waals surface area contributed by atoms with Gasteiger partial charge >= 0.3 is 18.1 Å². The molecule has 100 valence electrons. The Labute approximate surface area is 95.5 Å². The Morgan fingerprint density at radius 3 is 2.35 bits per heavy atom. The molecule has 0 rings (SSSR count). The van der Waals surface area contributed by atoms with Crippen molar-refractivity contribution in [3.63, 3.8) is 0 Å². The van der Waals surface area contributed by atoms with E-state index in [0.29, 0.717) is 0 Å². The summed E-state index contributed by atoms with van der Waals surface area (Å²) in [6.45, 7) is -1.81. The van der Waals surface area contributed by atoms with Gasteiger partial charge in [0.1, 0.15) is 6.61 Å². The van der Waals surface area contributed by atoms with Crippen LogP contribution in [0.2, 0.25) is 0 Å². The summed E-state index contributed by atoms with van der Waals surface area (Å²) < 4.78 is 43.6. The molecule has 0 radical (unpaired) electrons. The Bertz CT molecular complexity index is 264. The molecule has 0 aromatic rings. The van der Waals surface area contributed by atoms with Crippen molar-refractivity contribution in [2.45, 2.75) is 19.0 Å². The van der Waals surface area contributed by atoms with Crippen LogP contribution in [0, 0.1) is 5.92 Å². The molecular formula is C9H13F3O5. The molecule has 1 atom stereocenters. The van der Waals surface area contributed by atoms with Crippen molar-refractivity contribution in [3.8, 4) is 0 Å². The maximum atomic E-state index is 11.7. The molecule has 0 spiro atoms. The monoisotopic (exact) mass is 258 g/mol. The second-order valence-corrected chi connectivity index (χ2v) is 3.27. The van der Waals surface area contributed by atoms with Crippen LogP contribution in [0.3, 0.4) is 0 Å². The number of carboxylic acid groups (broad SMARTS) is 1. The third-order valence-electron chi connectivity index (χ3n) is 1.87. The molecule has 0 aromatic heterocycles. The van der Waals surface area contributed by atoms with Crippen LogP contribution in [0.15, 0.2) is 0 Å². The van der Waals surface area contributed by atoms with Crippen LogP contribution in [0.4, 0.5) is 13.2 Å². The van der Waals surface area contributed by atoms with Gasteiger partial charge in [-0.15, -0.1) is 0 Å². The number of esters is 1. The first-order valence-electron chi connectivity index (χ1n) is 4.70. The van der Waals surface area contributed by atoms with Gasteiger partial charge in [-0.1, -0.05) is 0 Å². The standard InChI is InChI=1S/C9H13F3O5/c1-16-7(13)4-6(8(14)15)2-3-17-5-9(10,11)12/h6H,2-5H2,1H3,(H,14,15)/t6-/m1/s1. The number of carboxylic acids is 1. The molecule has 0 aliphatic heterocycles. The van der Waals surface area contributed by atoms with E-state index in [4.69, 9.17) is 5.11 Å². The van der Waals surface area contributed by atoms with Crippen LogP contribution in [-0.4, -0.2) is 43.5 Å². The van der Waals surface area contributed by atoms with E-state index in [1.54, 1.807) is 0 Å². The van der Waals surface area contributed by atoms with Crippen molar-refractivity contribution in [1.29, 1.82) is 0 Å². The Balaban J connectivity index is 3.94. The highest BCUT2D eigenvalue weighted by atomic mass is 19.4. The second kappa shape index (κ2) is 7.10. The van der Waals surface area contributed by atoms with Crippen molar-refractivity contribution in [3.05, 3.63) is 0 Å². The second-order valence-electron chi connectivity index (χ2n) is 3.27. The molecule has 5 nitrogen and oxygen atoms in total. The quantitative estimate of drug-likeness (QED) is 0.549. The summed E-state index contributed by atoms with van der Waals surface area (Å²) in [6.07, 6.45) is -5.01. The zero-order chi connectivity index (χ0) is 13.5. The number of hydrogen-bond acceptors (Lipinski definition) is 4. The maximum absolute atomic E-state index is 11.7. The lowest BCUT2D eigenvalue weighted by Gasteiger charge is -2.12. The lowest BCUT2D eigenvalue weighted by Crippen LogP contribution is -2.22. The SMILES string of the molecule is COC(=O)C[C@@H](CCOCC(F)(F)F)C(=O)O. The first-order valence-corrected chi connectivity index (χ1v) is 4.70. The predicted octanol–water partition coefficient (Wildman–Crippen LogP) is 1.22. The van der Waals surface area contributed by atoms with E-state index in [0.717, 1.165) is 7.11 Å². The number of alkyl halides is 3. The van der Waals surface area contributed by atoms with Gasteiger partial charge in [0.05, 0.1) is 19.4 Å². The first kappa shape index (κ1) is 15.7. The minimum atomic E-state index is -4.44. The van der Waals surface area contributed by atoms with Crippen LogP contribution in [-0.2, 0) is 19.1 Å². The van der Waals surface area contributed by atoms with E-state index >= 15 is 0 Å². The predicted molar refractivity (Wildman–Crippen MR) is 49.2 cm³/mol. The molecule has 0 fully saturated rings. The summed E-state index contributed by atoms with van der Waals surface area (Å²) in [4.78, 5) is 21.5. The molecule has 0 aliphatic carbocycles. The lowest BCUT2D eigenvalue weighted by atomic mass is 10.0. The molecular weight excluding hydrogens is 245 g/mol. The molecule has 0 heterocycles. The Morgan fingerprint density at radius 1 is 1.35 bits per heavy atom. The Hall–Kier alpha value is -1.31. The van der Waals surface area contributed by atoms with E-state index in [-0.39, 0.29) is 19.4 Å². The van der Waals surface area contributed by atoms with Gasteiger partial charge in [-0.05, 0) is 6.42 Å². The fourth-order valence-corrected chi connectivity index (χ4v) is 1.01. The third-order valence-corrected chi connectivity index (χ3v) is 1.87. The van der Waals surface area contributed by atoms with Crippen LogP contribution in [0.5, 0.6) is 0 Å². The van der Waals surface area contributed by atoms with E-state index in [1.165, 1.54) is 0 Å². The minimum Gasteiger partial charge on any atom is -0.481 e. The van der Waals surface area contributed by atoms with Gasteiger partial charge in [0.15, 0.2) is 0 Å². The number of hydrogen-bond donors (Lipinski definition) is 1. The van der Waals surface area contributed by atoms with Gasteiger partial charge in [0.2, 0.25) is 0 Å². The van der Waals surface area contributed by atoms with E-state index in [2.05, 4.69) is 9.47 Å². The molecule has 17 heavy (non-hydrogen) atoms. The Morgan fingerprint density at radius 2 is 1.94 bits per heavy atom. The number of carbonyl (C=O) groups excluding carboxylic acids is 1. The first-order chi connectivity index (χ1) is 7.76. The zero-order valence-electron chi connectivity index (χ0n) is 9.12. The van der Waals surface area contributed by atoms with E-state index in [9.17, 15) is 22.8 Å². The number of halogens is 3. The maximum Gasteiger partial charge on any atom is 0.411 e. The number of rotatable bonds is 7. The third kappa shape index (κ3) is 8.49. The number of aliphatic carboxylic acids is 1. The van der Waals surface area contributed by atoms with Gasteiger partial charge < -0.3 is 14.6 Å². The van der Waals surface area contributed by atoms with Gasteiger partial charge in [0.25, 0.3) is 0 Å². The van der Waals surface area contributed by atoms with Crippen LogP contribution in [0.25, 0.3) is 0 Å². The summed E-state index contributed by atoms with van der Waals surface area (Å²) in [5.74, 6) is -3.10. The van der Waals surface area contributed by atoms with Crippen molar-refractivity contribution >= 4 is 11.9 Å². The summed E-state index contributed by atoms with van der Waals surface area (Å²) in [6, 6.07) is 0. The Kier molecular flexibility index (Phi) is 6.55. The van der Waals surface area contributed by atoms with Crippen molar-refractivity contribution in [1.82, 2.24) is 0 Å². The summed E-state index contributed by atoms with van der Waals surface area (Å²) in [5, 5.41) is 8.69. The van der Waals surface area contributed by atoms with Crippen molar-refractivity contribution in [2.24, 2.45) is 5.92 Å². The van der Waals surface area contributed by atoms with Gasteiger partial charge in [-0.3, -0.25) is 9.59 Å². The average molecular weight is 258 g/mol. The van der Waals surface area contributed by atoms with Crippen LogP contribution in [0.1, 0.15) is 12.8 Å². The normalized spacial score (nSPS) is 13.2. The number of carbonyl (C=O) groups is 2. The van der Waals surface area contributed by atoms with Crippen LogP contribution >= 0.6 is 0 Å². The topological polar surface area (TPSA) is 72.8 Å². The van der Waals surface area contributed by atoms with Gasteiger partial charge in [0, 0.05) is 6.61 Å². The highest BCUT2D eigenvalue weighted by Gasteiger charge is 2.28. The molecule has 0 bridgehead atoms. The fourth-order valence-electron chi connectivity index (χ4n) is 1.01. The molecule has 0 saturated heterocycles. The van der Waals surface area contributed by atoms with E-state index < -0.39 is 30.6 Å². The van der Waals surface area contributed by atoms with Gasteiger partial charge in [-0.25, -0.2) is 0 Å².